The number of nitrogens with zero attached hydrogens (tertiary/aromatic N) is 4. The van der Waals surface area contributed by atoms with Gasteiger partial charge in [0.25, 0.3) is 5.56 Å². The first kappa shape index (κ1) is 23.6. The van der Waals surface area contributed by atoms with Gasteiger partial charge in [-0.25, -0.2) is 9.67 Å². The molecule has 0 aliphatic heterocycles. The van der Waals surface area contributed by atoms with E-state index in [0.717, 1.165) is 5.56 Å². The molecule has 9 heteroatoms. The van der Waals surface area contributed by atoms with E-state index in [1.54, 1.807) is 67.6 Å². The molecular formula is C26H22FN5O3. The predicted octanol–water partition coefficient (Wildman–Crippen LogP) is 3.88. The Bertz CT molecular complexity index is 1480. The van der Waals surface area contributed by atoms with E-state index < -0.39 is 5.95 Å². The van der Waals surface area contributed by atoms with Crippen molar-refractivity contribution in [2.24, 2.45) is 0 Å². The number of esters is 1. The number of pyridine rings is 1. The zero-order valence-corrected chi connectivity index (χ0v) is 19.0. The highest BCUT2D eigenvalue weighted by atomic mass is 19.1. The third kappa shape index (κ3) is 5.33. The fraction of sp³-hybridized carbons (Fsp3) is 0.192. The molecule has 0 amide bonds. The van der Waals surface area contributed by atoms with Crippen molar-refractivity contribution in [3.63, 3.8) is 0 Å². The van der Waals surface area contributed by atoms with E-state index in [4.69, 9.17) is 10.00 Å². The van der Waals surface area contributed by atoms with E-state index in [1.165, 1.54) is 4.68 Å². The molecule has 35 heavy (non-hydrogen) atoms. The Morgan fingerprint density at radius 2 is 1.86 bits per heavy atom. The summed E-state index contributed by atoms with van der Waals surface area (Å²) in [6, 6.07) is 18.9. The summed E-state index contributed by atoms with van der Waals surface area (Å²) in [5, 5.41) is 17.3. The van der Waals surface area contributed by atoms with Crippen LogP contribution in [0.3, 0.4) is 0 Å². The minimum atomic E-state index is -0.757. The maximum Gasteiger partial charge on any atom is 0.307 e. The molecule has 8 nitrogen and oxygen atoms in total. The number of aromatic nitrogens is 3. The average molecular weight is 471 g/mol. The number of fused-ring (bicyclic) bond motifs is 1. The highest BCUT2D eigenvalue weighted by Gasteiger charge is 2.17. The van der Waals surface area contributed by atoms with E-state index in [-0.39, 0.29) is 48.1 Å². The lowest BCUT2D eigenvalue weighted by atomic mass is 10.1. The molecule has 0 saturated heterocycles. The van der Waals surface area contributed by atoms with Crippen LogP contribution in [0.4, 0.5) is 10.2 Å². The molecule has 0 bridgehead atoms. The van der Waals surface area contributed by atoms with Crippen molar-refractivity contribution in [3.8, 4) is 17.3 Å². The Kier molecular flexibility index (Phi) is 7.12. The van der Waals surface area contributed by atoms with Crippen molar-refractivity contribution in [1.29, 1.82) is 5.26 Å². The molecule has 0 aliphatic rings. The van der Waals surface area contributed by atoms with Crippen LogP contribution in [0.15, 0.2) is 65.5 Å². The Morgan fingerprint density at radius 1 is 1.11 bits per heavy atom. The van der Waals surface area contributed by atoms with Crippen LogP contribution in [0.1, 0.15) is 24.5 Å². The highest BCUT2D eigenvalue weighted by Crippen LogP contribution is 2.27. The lowest BCUT2D eigenvalue weighted by molar-refractivity contribution is -0.142. The summed E-state index contributed by atoms with van der Waals surface area (Å²) in [6.07, 6.45) is 0.130. The third-order valence-corrected chi connectivity index (χ3v) is 5.33. The minimum Gasteiger partial charge on any atom is -0.466 e. The van der Waals surface area contributed by atoms with Crippen LogP contribution in [0, 0.1) is 17.3 Å². The standard InChI is InChI=1S/C26H22FN5O3/c1-2-35-23(33)13-14-29-22-12-11-21(25(27)30-22)24-19-5-3-4-6-20(19)26(34)32(31-24)16-18-9-7-17(15-28)8-10-18/h3-12H,2,13-14,16H2,1H3,(H,29,30). The number of anilines is 1. The molecule has 0 spiro atoms. The summed E-state index contributed by atoms with van der Waals surface area (Å²) < 4.78 is 21.3. The van der Waals surface area contributed by atoms with Crippen LogP contribution in [-0.4, -0.2) is 33.9 Å². The van der Waals surface area contributed by atoms with Crippen LogP contribution < -0.4 is 10.9 Å². The number of hydrogen-bond acceptors (Lipinski definition) is 7. The van der Waals surface area contributed by atoms with E-state index in [1.807, 2.05) is 0 Å². The van der Waals surface area contributed by atoms with Crippen LogP contribution in [-0.2, 0) is 16.1 Å². The van der Waals surface area contributed by atoms with E-state index >= 15 is 4.39 Å². The lowest BCUT2D eigenvalue weighted by Gasteiger charge is -2.13. The van der Waals surface area contributed by atoms with Gasteiger partial charge in [-0.15, -0.1) is 0 Å². The smallest absolute Gasteiger partial charge is 0.307 e. The molecule has 0 saturated carbocycles. The molecule has 2 aromatic carbocycles. The molecular weight excluding hydrogens is 449 g/mol. The number of carbonyl (C=O) groups excluding carboxylic acids is 1. The quantitative estimate of drug-likeness (QED) is 0.307. The fourth-order valence-electron chi connectivity index (χ4n) is 3.63. The second-order valence-corrected chi connectivity index (χ2v) is 7.68. The number of ether oxygens (including phenoxy) is 1. The first-order chi connectivity index (χ1) is 17.0. The largest absolute Gasteiger partial charge is 0.466 e. The number of rotatable bonds is 8. The number of carbonyl (C=O) groups is 1. The van der Waals surface area contributed by atoms with Crippen molar-refractivity contribution in [1.82, 2.24) is 14.8 Å². The van der Waals surface area contributed by atoms with Gasteiger partial charge in [-0.05, 0) is 42.8 Å². The van der Waals surface area contributed by atoms with E-state index in [0.29, 0.717) is 22.9 Å². The van der Waals surface area contributed by atoms with Gasteiger partial charge in [0.05, 0.1) is 42.2 Å². The van der Waals surface area contributed by atoms with Crippen molar-refractivity contribution in [2.45, 2.75) is 19.9 Å². The first-order valence-electron chi connectivity index (χ1n) is 11.1. The van der Waals surface area contributed by atoms with Gasteiger partial charge >= 0.3 is 5.97 Å². The molecule has 2 heterocycles. The van der Waals surface area contributed by atoms with Crippen molar-refractivity contribution in [2.75, 3.05) is 18.5 Å². The normalized spacial score (nSPS) is 10.7. The zero-order valence-electron chi connectivity index (χ0n) is 19.0. The monoisotopic (exact) mass is 471 g/mol. The Labute approximate surface area is 200 Å². The van der Waals surface area contributed by atoms with Crippen LogP contribution in [0.5, 0.6) is 0 Å². The molecule has 0 fully saturated rings. The van der Waals surface area contributed by atoms with Gasteiger partial charge in [0.1, 0.15) is 11.5 Å². The van der Waals surface area contributed by atoms with Crippen LogP contribution in [0.2, 0.25) is 0 Å². The summed E-state index contributed by atoms with van der Waals surface area (Å²) in [5.74, 6) is -0.838. The maximum absolute atomic E-state index is 15.1. The SMILES string of the molecule is CCOC(=O)CCNc1ccc(-c2nn(Cc3ccc(C#N)cc3)c(=O)c3ccccc23)c(F)n1. The number of hydrogen-bond donors (Lipinski definition) is 1. The molecule has 1 N–H and O–H groups in total. The molecule has 0 atom stereocenters. The van der Waals surface area contributed by atoms with E-state index in [9.17, 15) is 9.59 Å². The highest BCUT2D eigenvalue weighted by molar-refractivity contribution is 5.93. The first-order valence-corrected chi connectivity index (χ1v) is 11.1. The maximum atomic E-state index is 15.1. The molecule has 2 aromatic heterocycles. The zero-order chi connectivity index (χ0) is 24.8. The second kappa shape index (κ2) is 10.6. The summed E-state index contributed by atoms with van der Waals surface area (Å²) >= 11 is 0. The van der Waals surface area contributed by atoms with Gasteiger partial charge in [0, 0.05) is 11.9 Å². The number of nitriles is 1. The minimum absolute atomic E-state index is 0.130. The van der Waals surface area contributed by atoms with Crippen LogP contribution >= 0.6 is 0 Å². The predicted molar refractivity (Wildman–Crippen MR) is 129 cm³/mol. The topological polar surface area (TPSA) is 110 Å². The van der Waals surface area contributed by atoms with Gasteiger partial charge in [0.2, 0.25) is 5.95 Å². The Morgan fingerprint density at radius 3 is 2.54 bits per heavy atom. The fourth-order valence-corrected chi connectivity index (χ4v) is 3.63. The van der Waals surface area contributed by atoms with Gasteiger partial charge in [-0.2, -0.15) is 14.8 Å². The van der Waals surface area contributed by atoms with Crippen molar-refractivity contribution in [3.05, 3.63) is 88.1 Å². The lowest BCUT2D eigenvalue weighted by Crippen LogP contribution is -2.24. The Hall–Kier alpha value is -4.58. The molecule has 0 aliphatic carbocycles. The summed E-state index contributed by atoms with van der Waals surface area (Å²) in [6.45, 7) is 2.44. The average Bonchev–Trinajstić information content (AvgIpc) is 2.87. The summed E-state index contributed by atoms with van der Waals surface area (Å²) in [7, 11) is 0. The van der Waals surface area contributed by atoms with Gasteiger partial charge in [-0.3, -0.25) is 9.59 Å². The molecule has 4 rings (SSSR count). The van der Waals surface area contributed by atoms with Crippen molar-refractivity contribution < 1.29 is 13.9 Å². The summed E-state index contributed by atoms with van der Waals surface area (Å²) in [4.78, 5) is 28.5. The summed E-state index contributed by atoms with van der Waals surface area (Å²) in [5.41, 5.74) is 1.42. The molecule has 0 unspecified atom stereocenters. The number of benzene rings is 2. The van der Waals surface area contributed by atoms with Gasteiger partial charge in [-0.1, -0.05) is 30.3 Å². The van der Waals surface area contributed by atoms with Gasteiger partial charge < -0.3 is 10.1 Å². The second-order valence-electron chi connectivity index (χ2n) is 7.68. The Balaban J connectivity index is 1.67. The molecule has 176 valence electrons. The van der Waals surface area contributed by atoms with Crippen LogP contribution in [0.25, 0.3) is 22.0 Å². The van der Waals surface area contributed by atoms with Gasteiger partial charge in [0.15, 0.2) is 0 Å². The number of nitrogens with one attached hydrogen (secondary N) is 1. The number of halogens is 1. The van der Waals surface area contributed by atoms with Crippen molar-refractivity contribution >= 4 is 22.6 Å². The third-order valence-electron chi connectivity index (χ3n) is 5.33. The molecule has 4 aromatic rings. The van der Waals surface area contributed by atoms with E-state index in [2.05, 4.69) is 21.5 Å². The molecule has 0 radical (unpaired) electrons.